The molecule has 0 spiro atoms. The molecule has 13 heavy (non-hydrogen) atoms. The van der Waals surface area contributed by atoms with Crippen LogP contribution >= 0.6 is 0 Å². The molecule has 0 aromatic heterocycles. The Labute approximate surface area is 81.1 Å². The van der Waals surface area contributed by atoms with Crippen molar-refractivity contribution >= 4 is 5.71 Å². The van der Waals surface area contributed by atoms with Crippen molar-refractivity contribution in [1.82, 2.24) is 5.43 Å². The van der Waals surface area contributed by atoms with Crippen LogP contribution in [0.1, 0.15) is 34.6 Å². The van der Waals surface area contributed by atoms with Crippen molar-refractivity contribution in [3.63, 3.8) is 0 Å². The third-order valence-corrected chi connectivity index (χ3v) is 2.54. The van der Waals surface area contributed by atoms with E-state index in [2.05, 4.69) is 51.2 Å². The summed E-state index contributed by atoms with van der Waals surface area (Å²) in [6, 6.07) is 0. The lowest BCUT2D eigenvalue weighted by Gasteiger charge is -2.25. The highest BCUT2D eigenvalue weighted by atomic mass is 15.3. The summed E-state index contributed by atoms with van der Waals surface area (Å²) < 4.78 is 0. The van der Waals surface area contributed by atoms with Crippen molar-refractivity contribution in [2.75, 3.05) is 0 Å². The molecule has 1 N–H and O–H groups in total. The van der Waals surface area contributed by atoms with Gasteiger partial charge in [0, 0.05) is 17.3 Å². The van der Waals surface area contributed by atoms with Gasteiger partial charge in [-0.05, 0) is 18.8 Å². The quantitative estimate of drug-likeness (QED) is 0.694. The molecule has 2 nitrogen and oxygen atoms in total. The van der Waals surface area contributed by atoms with Gasteiger partial charge in [0.25, 0.3) is 0 Å². The molecule has 0 aromatic carbocycles. The summed E-state index contributed by atoms with van der Waals surface area (Å²) in [4.78, 5) is 0. The first-order valence-corrected chi connectivity index (χ1v) is 5.04. The number of nitrogens with zero attached hydrogens (tertiary/aromatic N) is 1. The first-order valence-electron chi connectivity index (χ1n) is 5.04. The zero-order valence-corrected chi connectivity index (χ0v) is 9.26. The Kier molecular flexibility index (Phi) is 3.12. The van der Waals surface area contributed by atoms with Crippen LogP contribution in [0.5, 0.6) is 0 Å². The number of hydrogen-bond donors (Lipinski definition) is 1. The van der Waals surface area contributed by atoms with Crippen LogP contribution in [-0.4, -0.2) is 5.71 Å². The average Bonchev–Trinajstić information content (AvgIpc) is 2.04. The van der Waals surface area contributed by atoms with Crippen molar-refractivity contribution in [1.29, 1.82) is 0 Å². The molecule has 0 saturated heterocycles. The summed E-state index contributed by atoms with van der Waals surface area (Å²) in [6.07, 6.45) is 2.32. The van der Waals surface area contributed by atoms with Gasteiger partial charge in [-0.1, -0.05) is 33.8 Å². The summed E-state index contributed by atoms with van der Waals surface area (Å²) in [6.45, 7) is 10.9. The van der Waals surface area contributed by atoms with E-state index in [1.54, 1.807) is 0 Å². The smallest absolute Gasteiger partial charge is 0.0423 e. The van der Waals surface area contributed by atoms with Crippen LogP contribution in [0.3, 0.4) is 0 Å². The largest absolute Gasteiger partial charge is 0.283 e. The van der Waals surface area contributed by atoms with Gasteiger partial charge in [0.2, 0.25) is 0 Å². The Balaban J connectivity index is 2.80. The molecular formula is C11H20N2. The van der Waals surface area contributed by atoms with Crippen molar-refractivity contribution in [3.8, 4) is 0 Å². The van der Waals surface area contributed by atoms with Gasteiger partial charge in [0.15, 0.2) is 0 Å². The second kappa shape index (κ2) is 3.95. The lowest BCUT2D eigenvalue weighted by molar-refractivity contribution is 0.536. The van der Waals surface area contributed by atoms with E-state index in [0.717, 1.165) is 0 Å². The average molecular weight is 180 g/mol. The highest BCUT2D eigenvalue weighted by molar-refractivity contribution is 5.86. The summed E-state index contributed by atoms with van der Waals surface area (Å²) in [5.74, 6) is 1.69. The maximum absolute atomic E-state index is 4.33. The van der Waals surface area contributed by atoms with Gasteiger partial charge in [0.05, 0.1) is 0 Å². The molecule has 2 heteroatoms. The molecule has 74 valence electrons. The molecule has 1 aliphatic rings. The summed E-state index contributed by atoms with van der Waals surface area (Å²) in [5.41, 5.74) is 5.55. The van der Waals surface area contributed by atoms with E-state index in [9.17, 15) is 0 Å². The number of hydrazone groups is 1. The Morgan fingerprint density at radius 2 is 1.92 bits per heavy atom. The van der Waals surface area contributed by atoms with Crippen LogP contribution in [-0.2, 0) is 0 Å². The standard InChI is InChI=1S/C11H20N2/c1-7(2)10-6-11(8(3)4)13-12-9(10)5/h6-8,10,13H,1-5H3. The molecule has 1 atom stereocenters. The van der Waals surface area contributed by atoms with Crippen LogP contribution < -0.4 is 5.43 Å². The molecule has 0 aliphatic carbocycles. The van der Waals surface area contributed by atoms with Crippen LogP contribution in [0.25, 0.3) is 0 Å². The van der Waals surface area contributed by atoms with E-state index in [-0.39, 0.29) is 0 Å². The van der Waals surface area contributed by atoms with Gasteiger partial charge in [-0.3, -0.25) is 5.43 Å². The minimum Gasteiger partial charge on any atom is -0.283 e. The fraction of sp³-hybridized carbons (Fsp3) is 0.727. The van der Waals surface area contributed by atoms with E-state index < -0.39 is 0 Å². The molecule has 1 heterocycles. The molecule has 0 fully saturated rings. The fourth-order valence-corrected chi connectivity index (χ4v) is 1.57. The Hall–Kier alpha value is -0.790. The number of allylic oxidation sites excluding steroid dienone is 2. The van der Waals surface area contributed by atoms with Crippen LogP contribution in [0.4, 0.5) is 0 Å². The lowest BCUT2D eigenvalue weighted by Crippen LogP contribution is -2.27. The highest BCUT2D eigenvalue weighted by Gasteiger charge is 2.19. The van der Waals surface area contributed by atoms with Crippen molar-refractivity contribution in [2.24, 2.45) is 22.9 Å². The maximum Gasteiger partial charge on any atom is 0.0423 e. The minimum absolute atomic E-state index is 0.513. The van der Waals surface area contributed by atoms with E-state index in [1.807, 2.05) is 0 Å². The molecule has 0 aromatic rings. The first-order chi connectivity index (χ1) is 6.02. The number of hydrogen-bond acceptors (Lipinski definition) is 2. The third-order valence-electron chi connectivity index (χ3n) is 2.54. The Bertz CT molecular complexity index is 236. The Morgan fingerprint density at radius 1 is 1.31 bits per heavy atom. The highest BCUT2D eigenvalue weighted by Crippen LogP contribution is 2.21. The second-order valence-electron chi connectivity index (χ2n) is 4.41. The normalized spacial score (nSPS) is 22.8. The van der Waals surface area contributed by atoms with E-state index in [1.165, 1.54) is 11.4 Å². The van der Waals surface area contributed by atoms with Gasteiger partial charge in [-0.2, -0.15) is 5.10 Å². The molecule has 1 rings (SSSR count). The summed E-state index contributed by atoms with van der Waals surface area (Å²) >= 11 is 0. The van der Waals surface area contributed by atoms with Crippen molar-refractivity contribution in [2.45, 2.75) is 34.6 Å². The molecule has 0 radical (unpaired) electrons. The van der Waals surface area contributed by atoms with Gasteiger partial charge < -0.3 is 0 Å². The zero-order valence-electron chi connectivity index (χ0n) is 9.26. The third kappa shape index (κ3) is 2.33. The molecule has 0 amide bonds. The lowest BCUT2D eigenvalue weighted by atomic mass is 9.88. The topological polar surface area (TPSA) is 24.4 Å². The molecule has 1 aliphatic heterocycles. The van der Waals surface area contributed by atoms with Crippen molar-refractivity contribution < 1.29 is 0 Å². The SMILES string of the molecule is CC1=NNC(C(C)C)=CC1C(C)C. The number of nitrogens with one attached hydrogen (secondary N) is 1. The zero-order chi connectivity index (χ0) is 10.0. The summed E-state index contributed by atoms with van der Waals surface area (Å²) in [5, 5.41) is 4.33. The first kappa shape index (κ1) is 10.3. The molecule has 0 bridgehead atoms. The van der Waals surface area contributed by atoms with E-state index >= 15 is 0 Å². The van der Waals surface area contributed by atoms with Crippen molar-refractivity contribution in [3.05, 3.63) is 11.8 Å². The van der Waals surface area contributed by atoms with Gasteiger partial charge in [-0.25, -0.2) is 0 Å². The minimum atomic E-state index is 0.513. The number of rotatable bonds is 2. The predicted octanol–water partition coefficient (Wildman–Crippen LogP) is 2.78. The molecule has 1 unspecified atom stereocenters. The Morgan fingerprint density at radius 3 is 2.38 bits per heavy atom. The summed E-state index contributed by atoms with van der Waals surface area (Å²) in [7, 11) is 0. The second-order valence-corrected chi connectivity index (χ2v) is 4.41. The molecular weight excluding hydrogens is 160 g/mol. The van der Waals surface area contributed by atoms with Gasteiger partial charge >= 0.3 is 0 Å². The van der Waals surface area contributed by atoms with Gasteiger partial charge in [0.1, 0.15) is 0 Å². The van der Waals surface area contributed by atoms with Crippen LogP contribution in [0.15, 0.2) is 16.9 Å². The van der Waals surface area contributed by atoms with Crippen LogP contribution in [0, 0.1) is 17.8 Å². The van der Waals surface area contributed by atoms with E-state index in [4.69, 9.17) is 0 Å². The van der Waals surface area contributed by atoms with Crippen LogP contribution in [0.2, 0.25) is 0 Å². The maximum atomic E-state index is 4.33. The fourth-order valence-electron chi connectivity index (χ4n) is 1.57. The van der Waals surface area contributed by atoms with E-state index in [0.29, 0.717) is 17.8 Å². The van der Waals surface area contributed by atoms with Gasteiger partial charge in [-0.15, -0.1) is 0 Å². The predicted molar refractivity (Wildman–Crippen MR) is 57.5 cm³/mol. The molecule has 0 saturated carbocycles. The monoisotopic (exact) mass is 180 g/mol.